The van der Waals surface area contributed by atoms with Gasteiger partial charge in [-0.25, -0.2) is 0 Å². The van der Waals surface area contributed by atoms with Crippen LogP contribution in [0.1, 0.15) is 40.5 Å². The molecule has 0 atom stereocenters. The molecule has 1 rings (SSSR count). The van der Waals surface area contributed by atoms with Crippen LogP contribution in [0.25, 0.3) is 0 Å². The zero-order chi connectivity index (χ0) is 11.0. The molecule has 3 nitrogen and oxygen atoms in total. The summed E-state index contributed by atoms with van der Waals surface area (Å²) < 4.78 is 11.8. The van der Waals surface area contributed by atoms with Crippen LogP contribution in [0.5, 0.6) is 0 Å². The Kier molecular flexibility index (Phi) is 3.24. The number of ether oxygens (including phenoxy) is 2. The first-order valence-corrected chi connectivity index (χ1v) is 5.24. The Bertz CT molecular complexity index is 181. The standard InChI is InChI=1S/C11H23NO2/c1-10(2)7-8-11(3,4)14-9(13-10)12(5)6/h9H,7-8H2,1-6H3. The highest BCUT2D eigenvalue weighted by Crippen LogP contribution is 2.32. The van der Waals surface area contributed by atoms with E-state index in [0.717, 1.165) is 12.8 Å². The van der Waals surface area contributed by atoms with Gasteiger partial charge in [-0.3, -0.25) is 4.90 Å². The summed E-state index contributed by atoms with van der Waals surface area (Å²) in [5.41, 5.74) is -0.189. The molecule has 1 saturated heterocycles. The molecule has 0 spiro atoms. The minimum Gasteiger partial charge on any atom is -0.334 e. The van der Waals surface area contributed by atoms with E-state index in [-0.39, 0.29) is 17.6 Å². The number of nitrogens with zero attached hydrogens (tertiary/aromatic N) is 1. The predicted octanol–water partition coefficient (Wildman–Crippen LogP) is 2.22. The largest absolute Gasteiger partial charge is 0.334 e. The Hall–Kier alpha value is -0.120. The molecule has 0 amide bonds. The first-order chi connectivity index (χ1) is 6.22. The summed E-state index contributed by atoms with van der Waals surface area (Å²) in [4.78, 5) is 1.97. The van der Waals surface area contributed by atoms with Gasteiger partial charge in [0.25, 0.3) is 0 Å². The molecular weight excluding hydrogens is 178 g/mol. The second kappa shape index (κ2) is 3.80. The lowest BCUT2D eigenvalue weighted by molar-refractivity contribution is -0.272. The van der Waals surface area contributed by atoms with Crippen LogP contribution >= 0.6 is 0 Å². The van der Waals surface area contributed by atoms with E-state index in [1.54, 1.807) is 0 Å². The first-order valence-electron chi connectivity index (χ1n) is 5.24. The van der Waals surface area contributed by atoms with Gasteiger partial charge < -0.3 is 9.47 Å². The van der Waals surface area contributed by atoms with Gasteiger partial charge in [-0.2, -0.15) is 0 Å². The predicted molar refractivity (Wildman–Crippen MR) is 57.0 cm³/mol. The fourth-order valence-corrected chi connectivity index (χ4v) is 1.50. The average molecular weight is 201 g/mol. The summed E-state index contributed by atoms with van der Waals surface area (Å²) in [5.74, 6) is 0. The van der Waals surface area contributed by atoms with Crippen molar-refractivity contribution in [3.8, 4) is 0 Å². The van der Waals surface area contributed by atoms with E-state index < -0.39 is 0 Å². The maximum atomic E-state index is 5.90. The number of hydrogen-bond donors (Lipinski definition) is 0. The molecule has 3 heteroatoms. The van der Waals surface area contributed by atoms with Gasteiger partial charge in [0.2, 0.25) is 6.41 Å². The molecule has 1 aliphatic rings. The summed E-state index contributed by atoms with van der Waals surface area (Å²) in [6, 6.07) is 0. The fourth-order valence-electron chi connectivity index (χ4n) is 1.50. The van der Waals surface area contributed by atoms with Gasteiger partial charge in [0.15, 0.2) is 0 Å². The van der Waals surface area contributed by atoms with Gasteiger partial charge in [0.1, 0.15) is 0 Å². The maximum absolute atomic E-state index is 5.90. The molecule has 0 unspecified atom stereocenters. The Morgan fingerprint density at radius 1 is 0.929 bits per heavy atom. The van der Waals surface area contributed by atoms with E-state index in [2.05, 4.69) is 27.7 Å². The quantitative estimate of drug-likeness (QED) is 0.649. The van der Waals surface area contributed by atoms with Gasteiger partial charge in [-0.05, 0) is 54.6 Å². The highest BCUT2D eigenvalue weighted by Gasteiger charge is 2.36. The highest BCUT2D eigenvalue weighted by atomic mass is 16.7. The molecule has 0 radical (unpaired) electrons. The third-order valence-corrected chi connectivity index (χ3v) is 2.59. The molecule has 0 aromatic rings. The van der Waals surface area contributed by atoms with Crippen molar-refractivity contribution in [1.29, 1.82) is 0 Å². The normalized spacial score (nSPS) is 27.6. The lowest BCUT2D eigenvalue weighted by Gasteiger charge is -2.32. The van der Waals surface area contributed by atoms with Gasteiger partial charge in [-0.1, -0.05) is 0 Å². The number of rotatable bonds is 1. The van der Waals surface area contributed by atoms with Crippen LogP contribution < -0.4 is 0 Å². The minimum atomic E-state index is -0.234. The van der Waals surface area contributed by atoms with Crippen LogP contribution in [0, 0.1) is 0 Å². The summed E-state index contributed by atoms with van der Waals surface area (Å²) >= 11 is 0. The molecule has 1 aliphatic heterocycles. The zero-order valence-corrected chi connectivity index (χ0v) is 10.3. The van der Waals surface area contributed by atoms with E-state index in [9.17, 15) is 0 Å². The second-order valence-electron chi connectivity index (χ2n) is 5.53. The van der Waals surface area contributed by atoms with E-state index in [4.69, 9.17) is 9.47 Å². The lowest BCUT2D eigenvalue weighted by atomic mass is 9.94. The second-order valence-corrected chi connectivity index (χ2v) is 5.53. The molecule has 0 aromatic heterocycles. The van der Waals surface area contributed by atoms with Crippen LogP contribution in [0.4, 0.5) is 0 Å². The zero-order valence-electron chi connectivity index (χ0n) is 10.3. The highest BCUT2D eigenvalue weighted by molar-refractivity contribution is 4.80. The molecule has 1 fully saturated rings. The van der Waals surface area contributed by atoms with Crippen LogP contribution in [0.3, 0.4) is 0 Å². The lowest BCUT2D eigenvalue weighted by Crippen LogP contribution is -2.41. The maximum Gasteiger partial charge on any atom is 0.219 e. The Labute approximate surface area is 87.4 Å². The van der Waals surface area contributed by atoms with E-state index in [0.29, 0.717) is 0 Å². The van der Waals surface area contributed by atoms with E-state index >= 15 is 0 Å². The molecule has 14 heavy (non-hydrogen) atoms. The molecule has 0 aromatic carbocycles. The van der Waals surface area contributed by atoms with Gasteiger partial charge in [-0.15, -0.1) is 0 Å². The van der Waals surface area contributed by atoms with Crippen molar-refractivity contribution in [2.24, 2.45) is 0 Å². The van der Waals surface area contributed by atoms with E-state index in [1.165, 1.54) is 0 Å². The van der Waals surface area contributed by atoms with Crippen molar-refractivity contribution in [2.45, 2.75) is 58.2 Å². The first kappa shape index (κ1) is 12.0. The number of hydrogen-bond acceptors (Lipinski definition) is 3. The van der Waals surface area contributed by atoms with Crippen LogP contribution in [-0.4, -0.2) is 36.6 Å². The van der Waals surface area contributed by atoms with Crippen LogP contribution in [0.15, 0.2) is 0 Å². The van der Waals surface area contributed by atoms with Gasteiger partial charge in [0.05, 0.1) is 11.2 Å². The topological polar surface area (TPSA) is 21.7 Å². The van der Waals surface area contributed by atoms with Crippen molar-refractivity contribution in [1.82, 2.24) is 4.90 Å². The van der Waals surface area contributed by atoms with Crippen molar-refractivity contribution in [2.75, 3.05) is 14.1 Å². The van der Waals surface area contributed by atoms with Crippen LogP contribution in [0.2, 0.25) is 0 Å². The molecule has 1 heterocycles. The Morgan fingerprint density at radius 3 is 1.57 bits per heavy atom. The van der Waals surface area contributed by atoms with Crippen molar-refractivity contribution in [3.05, 3.63) is 0 Å². The smallest absolute Gasteiger partial charge is 0.219 e. The SMILES string of the molecule is CN(C)C1OC(C)(C)CCC(C)(C)O1. The molecule has 84 valence electrons. The van der Waals surface area contributed by atoms with E-state index in [1.807, 2.05) is 19.0 Å². The molecular formula is C11H23NO2. The monoisotopic (exact) mass is 201 g/mol. The van der Waals surface area contributed by atoms with Crippen molar-refractivity contribution >= 4 is 0 Å². The molecule has 0 bridgehead atoms. The molecule has 0 saturated carbocycles. The Morgan fingerprint density at radius 2 is 1.29 bits per heavy atom. The summed E-state index contributed by atoms with van der Waals surface area (Å²) in [6.07, 6.45) is 1.83. The Balaban J connectivity index is 2.76. The average Bonchev–Trinajstić information content (AvgIpc) is 2.08. The molecule has 0 aliphatic carbocycles. The summed E-state index contributed by atoms with van der Waals surface area (Å²) in [7, 11) is 3.95. The third kappa shape index (κ3) is 3.23. The van der Waals surface area contributed by atoms with Crippen LogP contribution in [-0.2, 0) is 9.47 Å². The molecule has 0 N–H and O–H groups in total. The van der Waals surface area contributed by atoms with Gasteiger partial charge in [0, 0.05) is 0 Å². The van der Waals surface area contributed by atoms with Crippen molar-refractivity contribution < 1.29 is 9.47 Å². The third-order valence-electron chi connectivity index (χ3n) is 2.59. The van der Waals surface area contributed by atoms with Gasteiger partial charge >= 0.3 is 0 Å². The fraction of sp³-hybridized carbons (Fsp3) is 1.00. The minimum absolute atomic E-state index is 0.0945. The summed E-state index contributed by atoms with van der Waals surface area (Å²) in [5, 5.41) is 0. The van der Waals surface area contributed by atoms with Crippen molar-refractivity contribution in [3.63, 3.8) is 0 Å². The summed E-state index contributed by atoms with van der Waals surface area (Å²) in [6.45, 7) is 8.48.